The molecule has 2 N–H and O–H groups in total. The number of Topliss-reactive ketones (excluding diaryl/α,β-unsaturated/α-hetero) is 1. The molecule has 1 rings (SSSR count). The van der Waals surface area contributed by atoms with Crippen molar-refractivity contribution in [1.29, 1.82) is 0 Å². The SMILES string of the molecule is CCC(=O)C1OCCC1N. The number of ketones is 1. The summed E-state index contributed by atoms with van der Waals surface area (Å²) in [5, 5.41) is 0. The van der Waals surface area contributed by atoms with E-state index in [9.17, 15) is 4.79 Å². The molecule has 1 fully saturated rings. The van der Waals surface area contributed by atoms with Crippen molar-refractivity contribution in [2.45, 2.75) is 31.9 Å². The van der Waals surface area contributed by atoms with Gasteiger partial charge in [0.25, 0.3) is 0 Å². The summed E-state index contributed by atoms with van der Waals surface area (Å²) in [6, 6.07) is -0.0625. The van der Waals surface area contributed by atoms with E-state index >= 15 is 0 Å². The Kier molecular flexibility index (Phi) is 2.40. The van der Waals surface area contributed by atoms with Gasteiger partial charge in [-0.25, -0.2) is 0 Å². The maximum absolute atomic E-state index is 11.0. The minimum Gasteiger partial charge on any atom is -0.369 e. The monoisotopic (exact) mass is 143 g/mol. The molecule has 0 aromatic heterocycles. The van der Waals surface area contributed by atoms with Gasteiger partial charge in [-0.1, -0.05) is 6.92 Å². The number of rotatable bonds is 2. The fourth-order valence-corrected chi connectivity index (χ4v) is 1.14. The maximum atomic E-state index is 11.0. The van der Waals surface area contributed by atoms with Crippen LogP contribution in [0.15, 0.2) is 0 Å². The van der Waals surface area contributed by atoms with Gasteiger partial charge >= 0.3 is 0 Å². The zero-order chi connectivity index (χ0) is 7.56. The molecule has 3 heteroatoms. The molecule has 0 spiro atoms. The summed E-state index contributed by atoms with van der Waals surface area (Å²) in [5.41, 5.74) is 5.61. The molecular weight excluding hydrogens is 130 g/mol. The summed E-state index contributed by atoms with van der Waals surface area (Å²) in [6.45, 7) is 2.47. The first-order valence-electron chi connectivity index (χ1n) is 3.65. The molecule has 2 atom stereocenters. The Morgan fingerprint density at radius 1 is 1.80 bits per heavy atom. The molecule has 0 aliphatic carbocycles. The van der Waals surface area contributed by atoms with Crippen molar-refractivity contribution < 1.29 is 9.53 Å². The number of carbonyl (C=O) groups is 1. The molecule has 0 amide bonds. The average Bonchev–Trinajstić information content (AvgIpc) is 2.34. The summed E-state index contributed by atoms with van der Waals surface area (Å²) in [4.78, 5) is 11.0. The Hall–Kier alpha value is -0.410. The Balaban J connectivity index is 2.46. The largest absolute Gasteiger partial charge is 0.369 e. The van der Waals surface area contributed by atoms with Crippen LogP contribution in [-0.4, -0.2) is 24.5 Å². The quantitative estimate of drug-likeness (QED) is 0.595. The third kappa shape index (κ3) is 1.36. The van der Waals surface area contributed by atoms with Crippen molar-refractivity contribution in [3.8, 4) is 0 Å². The normalized spacial score (nSPS) is 32.6. The van der Waals surface area contributed by atoms with E-state index in [-0.39, 0.29) is 17.9 Å². The zero-order valence-corrected chi connectivity index (χ0v) is 6.17. The predicted octanol–water partition coefficient (Wildman–Crippen LogP) is 0.0817. The van der Waals surface area contributed by atoms with Crippen LogP contribution in [0, 0.1) is 0 Å². The standard InChI is InChI=1S/C7H13NO2/c1-2-6(9)7-5(8)3-4-10-7/h5,7H,2-4,8H2,1H3. The third-order valence-corrected chi connectivity index (χ3v) is 1.80. The number of hydrogen-bond acceptors (Lipinski definition) is 3. The molecule has 0 saturated carbocycles. The first-order chi connectivity index (χ1) is 4.75. The lowest BCUT2D eigenvalue weighted by Crippen LogP contribution is -2.36. The summed E-state index contributed by atoms with van der Waals surface area (Å²) >= 11 is 0. The molecule has 0 bridgehead atoms. The molecule has 0 radical (unpaired) electrons. The highest BCUT2D eigenvalue weighted by Crippen LogP contribution is 2.12. The van der Waals surface area contributed by atoms with Gasteiger partial charge in [0.2, 0.25) is 0 Å². The Bertz CT molecular complexity index is 136. The van der Waals surface area contributed by atoms with Crippen molar-refractivity contribution in [1.82, 2.24) is 0 Å². The highest BCUT2D eigenvalue weighted by atomic mass is 16.5. The number of carbonyl (C=O) groups excluding carboxylic acids is 1. The van der Waals surface area contributed by atoms with Crippen LogP contribution in [0.5, 0.6) is 0 Å². The second-order valence-electron chi connectivity index (χ2n) is 2.56. The second-order valence-corrected chi connectivity index (χ2v) is 2.56. The topological polar surface area (TPSA) is 52.3 Å². The van der Waals surface area contributed by atoms with Crippen LogP contribution >= 0.6 is 0 Å². The van der Waals surface area contributed by atoms with Crippen molar-refractivity contribution in [3.63, 3.8) is 0 Å². The van der Waals surface area contributed by atoms with E-state index in [4.69, 9.17) is 10.5 Å². The van der Waals surface area contributed by atoms with E-state index in [1.54, 1.807) is 0 Å². The lowest BCUT2D eigenvalue weighted by Gasteiger charge is -2.10. The number of nitrogens with two attached hydrogens (primary N) is 1. The second kappa shape index (κ2) is 3.12. The van der Waals surface area contributed by atoms with E-state index in [0.29, 0.717) is 13.0 Å². The van der Waals surface area contributed by atoms with Crippen molar-refractivity contribution in [2.75, 3.05) is 6.61 Å². The molecule has 3 nitrogen and oxygen atoms in total. The fourth-order valence-electron chi connectivity index (χ4n) is 1.14. The highest BCUT2D eigenvalue weighted by molar-refractivity contribution is 5.83. The van der Waals surface area contributed by atoms with Gasteiger partial charge in [0.1, 0.15) is 6.10 Å². The molecule has 1 heterocycles. The summed E-state index contributed by atoms with van der Waals surface area (Å²) < 4.78 is 5.14. The molecule has 2 unspecified atom stereocenters. The van der Waals surface area contributed by atoms with E-state index in [0.717, 1.165) is 6.42 Å². The number of hydrogen-bond donors (Lipinski definition) is 1. The third-order valence-electron chi connectivity index (χ3n) is 1.80. The van der Waals surface area contributed by atoms with Gasteiger partial charge in [-0.2, -0.15) is 0 Å². The van der Waals surface area contributed by atoms with E-state index in [1.807, 2.05) is 6.92 Å². The first kappa shape index (κ1) is 7.69. The molecule has 1 aliphatic rings. The molecule has 1 saturated heterocycles. The molecule has 0 aromatic rings. The Morgan fingerprint density at radius 3 is 2.90 bits per heavy atom. The van der Waals surface area contributed by atoms with Crippen LogP contribution < -0.4 is 5.73 Å². The van der Waals surface area contributed by atoms with Gasteiger partial charge in [-0.15, -0.1) is 0 Å². The lowest BCUT2D eigenvalue weighted by atomic mass is 10.1. The van der Waals surface area contributed by atoms with Crippen LogP contribution in [0.2, 0.25) is 0 Å². The minimum absolute atomic E-state index is 0.0625. The van der Waals surface area contributed by atoms with Gasteiger partial charge in [0.15, 0.2) is 5.78 Å². The predicted molar refractivity (Wildman–Crippen MR) is 37.6 cm³/mol. The minimum atomic E-state index is -0.315. The van der Waals surface area contributed by atoms with E-state index in [2.05, 4.69) is 0 Å². The maximum Gasteiger partial charge on any atom is 0.162 e. The van der Waals surface area contributed by atoms with E-state index < -0.39 is 0 Å². The van der Waals surface area contributed by atoms with Gasteiger partial charge in [0, 0.05) is 19.1 Å². The summed E-state index contributed by atoms with van der Waals surface area (Å²) in [5.74, 6) is 0.130. The summed E-state index contributed by atoms with van der Waals surface area (Å²) in [6.07, 6.45) is 1.03. The smallest absolute Gasteiger partial charge is 0.162 e. The van der Waals surface area contributed by atoms with E-state index in [1.165, 1.54) is 0 Å². The van der Waals surface area contributed by atoms with Crippen molar-refractivity contribution >= 4 is 5.78 Å². The Morgan fingerprint density at radius 2 is 2.50 bits per heavy atom. The highest BCUT2D eigenvalue weighted by Gasteiger charge is 2.29. The van der Waals surface area contributed by atoms with Gasteiger partial charge in [-0.05, 0) is 6.42 Å². The molecule has 58 valence electrons. The van der Waals surface area contributed by atoms with Gasteiger partial charge < -0.3 is 10.5 Å². The van der Waals surface area contributed by atoms with Gasteiger partial charge in [0.05, 0.1) is 0 Å². The van der Waals surface area contributed by atoms with Crippen LogP contribution in [0.1, 0.15) is 19.8 Å². The zero-order valence-electron chi connectivity index (χ0n) is 6.17. The number of ether oxygens (including phenoxy) is 1. The molecule has 10 heavy (non-hydrogen) atoms. The van der Waals surface area contributed by atoms with Crippen LogP contribution in [0.3, 0.4) is 0 Å². The Labute approximate surface area is 60.5 Å². The lowest BCUT2D eigenvalue weighted by molar-refractivity contribution is -0.127. The van der Waals surface area contributed by atoms with Crippen molar-refractivity contribution in [3.05, 3.63) is 0 Å². The van der Waals surface area contributed by atoms with Crippen molar-refractivity contribution in [2.24, 2.45) is 5.73 Å². The van der Waals surface area contributed by atoms with Crippen LogP contribution in [0.4, 0.5) is 0 Å². The van der Waals surface area contributed by atoms with Crippen LogP contribution in [0.25, 0.3) is 0 Å². The fraction of sp³-hybridized carbons (Fsp3) is 0.857. The van der Waals surface area contributed by atoms with Gasteiger partial charge in [-0.3, -0.25) is 4.79 Å². The molecule has 1 aliphatic heterocycles. The average molecular weight is 143 g/mol. The van der Waals surface area contributed by atoms with Crippen LogP contribution in [-0.2, 0) is 9.53 Å². The molecular formula is C7H13NO2. The molecule has 0 aromatic carbocycles. The summed E-state index contributed by atoms with van der Waals surface area (Å²) in [7, 11) is 0. The first-order valence-corrected chi connectivity index (χ1v) is 3.65.